The molecule has 2 rings (SSSR count). The van der Waals surface area contributed by atoms with E-state index in [9.17, 15) is 0 Å². The highest BCUT2D eigenvalue weighted by Gasteiger charge is 2.07. The zero-order chi connectivity index (χ0) is 10.8. The Morgan fingerprint density at radius 1 is 1.40 bits per heavy atom. The molecule has 0 amide bonds. The second-order valence-electron chi connectivity index (χ2n) is 3.42. The lowest BCUT2D eigenvalue weighted by atomic mass is 10.1. The van der Waals surface area contributed by atoms with E-state index in [0.717, 1.165) is 28.0 Å². The van der Waals surface area contributed by atoms with E-state index in [0.29, 0.717) is 0 Å². The van der Waals surface area contributed by atoms with Gasteiger partial charge in [0, 0.05) is 16.6 Å². The monoisotopic (exact) mass is 199 g/mol. The summed E-state index contributed by atoms with van der Waals surface area (Å²) in [5.41, 5.74) is 8.42. The molecule has 0 radical (unpaired) electrons. The first-order valence-corrected chi connectivity index (χ1v) is 4.80. The minimum absolute atomic E-state index is 0.747. The van der Waals surface area contributed by atoms with Crippen molar-refractivity contribution in [3.05, 3.63) is 48.3 Å². The molecule has 0 aliphatic rings. The number of hydrogen-bond acceptors (Lipinski definition) is 2. The number of aryl methyl sites for hydroxylation is 1. The normalized spacial score (nSPS) is 11.3. The molecule has 0 unspecified atom stereocenters. The van der Waals surface area contributed by atoms with Gasteiger partial charge < -0.3 is 10.2 Å². The van der Waals surface area contributed by atoms with Crippen LogP contribution in [0, 0.1) is 6.92 Å². The maximum absolute atomic E-state index is 5.74. The predicted octanol–water partition coefficient (Wildman–Crippen LogP) is 3.52. The van der Waals surface area contributed by atoms with Crippen molar-refractivity contribution in [3.8, 4) is 0 Å². The van der Waals surface area contributed by atoms with E-state index in [4.69, 9.17) is 10.2 Å². The van der Waals surface area contributed by atoms with Crippen LogP contribution in [0.4, 0.5) is 5.69 Å². The van der Waals surface area contributed by atoms with Crippen LogP contribution < -0.4 is 5.73 Å². The first-order valence-electron chi connectivity index (χ1n) is 4.80. The number of furan rings is 1. The summed E-state index contributed by atoms with van der Waals surface area (Å²) in [6.45, 7) is 5.59. The first kappa shape index (κ1) is 9.59. The van der Waals surface area contributed by atoms with Gasteiger partial charge in [-0.15, -0.1) is 0 Å². The Bertz CT molecular complexity index is 535. The van der Waals surface area contributed by atoms with Crippen molar-refractivity contribution in [3.63, 3.8) is 0 Å². The third kappa shape index (κ3) is 1.66. The van der Waals surface area contributed by atoms with E-state index in [1.807, 2.05) is 37.3 Å². The highest BCUT2D eigenvalue weighted by molar-refractivity contribution is 5.90. The molecular formula is C13H13NO. The molecule has 1 heterocycles. The van der Waals surface area contributed by atoms with Crippen molar-refractivity contribution in [2.45, 2.75) is 6.92 Å². The van der Waals surface area contributed by atoms with Crippen molar-refractivity contribution in [1.82, 2.24) is 0 Å². The summed E-state index contributed by atoms with van der Waals surface area (Å²) >= 11 is 0. The van der Waals surface area contributed by atoms with Crippen LogP contribution in [0.15, 0.2) is 41.3 Å². The quantitative estimate of drug-likeness (QED) is 0.593. The summed E-state index contributed by atoms with van der Waals surface area (Å²) in [7, 11) is 0. The topological polar surface area (TPSA) is 39.2 Å². The van der Waals surface area contributed by atoms with Crippen molar-refractivity contribution in [2.75, 3.05) is 5.73 Å². The minimum atomic E-state index is 0.747. The van der Waals surface area contributed by atoms with Gasteiger partial charge in [0.1, 0.15) is 11.3 Å². The van der Waals surface area contributed by atoms with Gasteiger partial charge in [-0.1, -0.05) is 24.8 Å². The first-order chi connectivity index (χ1) is 7.22. The number of rotatable bonds is 2. The Morgan fingerprint density at radius 2 is 2.20 bits per heavy atom. The Kier molecular flexibility index (Phi) is 2.34. The molecule has 0 aliphatic heterocycles. The molecule has 2 nitrogen and oxygen atoms in total. The van der Waals surface area contributed by atoms with Crippen LogP contribution in [0.5, 0.6) is 0 Å². The van der Waals surface area contributed by atoms with E-state index in [2.05, 4.69) is 6.58 Å². The average Bonchev–Trinajstić information content (AvgIpc) is 2.51. The number of allylic oxidation sites excluding steroid dienone is 2. The fourth-order valence-electron chi connectivity index (χ4n) is 1.63. The number of nitrogen functional groups attached to an aromatic ring is 1. The number of fused-ring (bicyclic) bond motifs is 1. The van der Waals surface area contributed by atoms with Gasteiger partial charge in [0.15, 0.2) is 0 Å². The summed E-state index contributed by atoms with van der Waals surface area (Å²) < 4.78 is 5.61. The lowest BCUT2D eigenvalue weighted by molar-refractivity contribution is 0.577. The molecule has 0 saturated heterocycles. The minimum Gasteiger partial charge on any atom is -0.461 e. The maximum Gasteiger partial charge on any atom is 0.135 e. The van der Waals surface area contributed by atoms with Crippen molar-refractivity contribution in [2.24, 2.45) is 0 Å². The van der Waals surface area contributed by atoms with Gasteiger partial charge in [-0.25, -0.2) is 0 Å². The van der Waals surface area contributed by atoms with Crippen molar-refractivity contribution in [1.29, 1.82) is 0 Å². The van der Waals surface area contributed by atoms with Gasteiger partial charge in [-0.3, -0.25) is 0 Å². The second-order valence-corrected chi connectivity index (χ2v) is 3.42. The van der Waals surface area contributed by atoms with Crippen molar-refractivity contribution >= 4 is 22.7 Å². The Hall–Kier alpha value is -1.96. The van der Waals surface area contributed by atoms with Crippen LogP contribution in [0.25, 0.3) is 17.0 Å². The third-order valence-electron chi connectivity index (χ3n) is 2.34. The van der Waals surface area contributed by atoms with Crippen LogP contribution in [0.2, 0.25) is 0 Å². The summed E-state index contributed by atoms with van der Waals surface area (Å²) in [4.78, 5) is 0. The Balaban J connectivity index is 2.70. The van der Waals surface area contributed by atoms with Crippen LogP contribution in [0.3, 0.4) is 0 Å². The number of anilines is 1. The zero-order valence-electron chi connectivity index (χ0n) is 8.66. The Labute approximate surface area is 88.7 Å². The van der Waals surface area contributed by atoms with E-state index < -0.39 is 0 Å². The summed E-state index contributed by atoms with van der Waals surface area (Å²) in [5.74, 6) is 0.897. The van der Waals surface area contributed by atoms with Gasteiger partial charge >= 0.3 is 0 Å². The molecule has 0 spiro atoms. The lowest BCUT2D eigenvalue weighted by Crippen LogP contribution is -1.82. The van der Waals surface area contributed by atoms with E-state index in [1.165, 1.54) is 0 Å². The van der Waals surface area contributed by atoms with Crippen molar-refractivity contribution < 1.29 is 4.42 Å². The molecule has 1 aromatic carbocycles. The molecule has 0 aliphatic carbocycles. The molecule has 2 aromatic rings. The molecule has 2 N–H and O–H groups in total. The molecule has 76 valence electrons. The second kappa shape index (κ2) is 3.65. The summed E-state index contributed by atoms with van der Waals surface area (Å²) in [6, 6.07) is 5.66. The third-order valence-corrected chi connectivity index (χ3v) is 2.34. The predicted molar refractivity (Wildman–Crippen MR) is 64.6 cm³/mol. The van der Waals surface area contributed by atoms with Gasteiger partial charge in [-0.2, -0.15) is 0 Å². The molecule has 0 bridgehead atoms. The molecule has 1 aromatic heterocycles. The standard InChI is InChI=1S/C13H13NO/c1-3-4-5-11-9(2)15-13-7-6-10(14)8-12(11)13/h3-8H,1,14H2,2H3/b5-4-. The molecule has 0 fully saturated rings. The highest BCUT2D eigenvalue weighted by Crippen LogP contribution is 2.28. The SMILES string of the molecule is C=C/C=C\c1c(C)oc2ccc(N)cc12. The van der Waals surface area contributed by atoms with Crippen LogP contribution in [-0.2, 0) is 0 Å². The van der Waals surface area contributed by atoms with Gasteiger partial charge in [-0.05, 0) is 25.1 Å². The van der Waals surface area contributed by atoms with Gasteiger partial charge in [0.25, 0.3) is 0 Å². The molecule has 0 atom stereocenters. The zero-order valence-corrected chi connectivity index (χ0v) is 8.66. The molecule has 2 heteroatoms. The molecule has 15 heavy (non-hydrogen) atoms. The van der Waals surface area contributed by atoms with Crippen LogP contribution in [0.1, 0.15) is 11.3 Å². The largest absolute Gasteiger partial charge is 0.461 e. The average molecular weight is 199 g/mol. The molecular weight excluding hydrogens is 186 g/mol. The van der Waals surface area contributed by atoms with E-state index in [1.54, 1.807) is 6.08 Å². The fourth-order valence-corrected chi connectivity index (χ4v) is 1.63. The van der Waals surface area contributed by atoms with E-state index in [-0.39, 0.29) is 0 Å². The van der Waals surface area contributed by atoms with Crippen LogP contribution >= 0.6 is 0 Å². The smallest absolute Gasteiger partial charge is 0.135 e. The highest BCUT2D eigenvalue weighted by atomic mass is 16.3. The number of hydrogen-bond donors (Lipinski definition) is 1. The maximum atomic E-state index is 5.74. The Morgan fingerprint density at radius 3 is 2.93 bits per heavy atom. The lowest BCUT2D eigenvalue weighted by Gasteiger charge is -1.93. The number of benzene rings is 1. The number of nitrogens with two attached hydrogens (primary N) is 1. The summed E-state index contributed by atoms with van der Waals surface area (Å²) in [5, 5.41) is 1.05. The van der Waals surface area contributed by atoms with Gasteiger partial charge in [0.05, 0.1) is 0 Å². The van der Waals surface area contributed by atoms with E-state index >= 15 is 0 Å². The molecule has 0 saturated carbocycles. The summed E-state index contributed by atoms with van der Waals surface area (Å²) in [6.07, 6.45) is 5.61. The van der Waals surface area contributed by atoms with Gasteiger partial charge in [0.2, 0.25) is 0 Å². The van der Waals surface area contributed by atoms with Crippen LogP contribution in [-0.4, -0.2) is 0 Å². The fraction of sp³-hybridized carbons (Fsp3) is 0.0769.